The summed E-state index contributed by atoms with van der Waals surface area (Å²) in [6, 6.07) is 6.31. The van der Waals surface area contributed by atoms with E-state index < -0.39 is 0 Å². The fourth-order valence-corrected chi connectivity index (χ4v) is 2.72. The molecule has 0 fully saturated rings. The number of hydrogen-bond donors (Lipinski definition) is 2. The Morgan fingerprint density at radius 3 is 2.94 bits per heavy atom. The van der Waals surface area contributed by atoms with Crippen molar-refractivity contribution in [2.24, 2.45) is 0 Å². The van der Waals surface area contributed by atoms with Crippen molar-refractivity contribution in [3.05, 3.63) is 29.5 Å². The Bertz CT molecular complexity index is 583. The van der Waals surface area contributed by atoms with Gasteiger partial charge >= 0.3 is 0 Å². The van der Waals surface area contributed by atoms with Crippen molar-refractivity contribution in [3.63, 3.8) is 0 Å². The highest BCUT2D eigenvalue weighted by Gasteiger charge is 2.27. The van der Waals surface area contributed by atoms with Gasteiger partial charge in [0.1, 0.15) is 5.75 Å². The van der Waals surface area contributed by atoms with Gasteiger partial charge in [0.25, 0.3) is 0 Å². The molecule has 18 heavy (non-hydrogen) atoms. The molecule has 0 unspecified atom stereocenters. The maximum Gasteiger partial charge on any atom is 0.120 e. The van der Waals surface area contributed by atoms with Crippen molar-refractivity contribution < 1.29 is 4.74 Å². The van der Waals surface area contributed by atoms with Crippen molar-refractivity contribution >= 4 is 10.9 Å². The summed E-state index contributed by atoms with van der Waals surface area (Å²) in [5, 5.41) is 4.86. The van der Waals surface area contributed by atoms with Gasteiger partial charge in [-0.25, -0.2) is 0 Å². The van der Waals surface area contributed by atoms with Crippen LogP contribution in [0.25, 0.3) is 10.9 Å². The number of aromatic nitrogens is 1. The fraction of sp³-hybridized carbons (Fsp3) is 0.467. The fourth-order valence-electron chi connectivity index (χ4n) is 2.72. The Morgan fingerprint density at radius 1 is 1.33 bits per heavy atom. The van der Waals surface area contributed by atoms with Crippen molar-refractivity contribution in [3.8, 4) is 5.75 Å². The summed E-state index contributed by atoms with van der Waals surface area (Å²) in [6.07, 6.45) is 1.05. The summed E-state index contributed by atoms with van der Waals surface area (Å²) in [4.78, 5) is 3.51. The highest BCUT2D eigenvalue weighted by Crippen LogP contribution is 2.32. The normalized spacial score (nSPS) is 17.7. The molecule has 2 N–H and O–H groups in total. The molecule has 0 atom stereocenters. The summed E-state index contributed by atoms with van der Waals surface area (Å²) in [7, 11) is 0. The van der Waals surface area contributed by atoms with E-state index in [1.165, 1.54) is 22.2 Å². The van der Waals surface area contributed by atoms with Gasteiger partial charge in [0.2, 0.25) is 0 Å². The first-order valence-electron chi connectivity index (χ1n) is 6.60. The second-order valence-corrected chi connectivity index (χ2v) is 5.64. The Kier molecular flexibility index (Phi) is 2.59. The molecule has 1 aromatic carbocycles. The van der Waals surface area contributed by atoms with Gasteiger partial charge in [-0.1, -0.05) is 0 Å². The molecule has 1 aliphatic rings. The first kappa shape index (κ1) is 11.6. The molecular weight excluding hydrogens is 224 g/mol. The molecule has 2 heterocycles. The first-order valence-corrected chi connectivity index (χ1v) is 6.60. The van der Waals surface area contributed by atoms with Crippen LogP contribution in [0.1, 0.15) is 32.0 Å². The van der Waals surface area contributed by atoms with Crippen molar-refractivity contribution in [1.82, 2.24) is 10.3 Å². The highest BCUT2D eigenvalue weighted by atomic mass is 16.5. The molecule has 3 heteroatoms. The predicted molar refractivity (Wildman–Crippen MR) is 74.1 cm³/mol. The van der Waals surface area contributed by atoms with Crippen LogP contribution in [0.4, 0.5) is 0 Å². The first-order chi connectivity index (χ1) is 8.59. The van der Waals surface area contributed by atoms with Gasteiger partial charge in [-0.15, -0.1) is 0 Å². The Hall–Kier alpha value is -1.48. The van der Waals surface area contributed by atoms with Crippen molar-refractivity contribution in [2.45, 2.75) is 39.3 Å². The maximum atomic E-state index is 5.60. The topological polar surface area (TPSA) is 37.0 Å². The van der Waals surface area contributed by atoms with Gasteiger partial charge in [0, 0.05) is 28.7 Å². The molecule has 0 saturated carbocycles. The van der Waals surface area contributed by atoms with Gasteiger partial charge in [0.15, 0.2) is 0 Å². The SMILES string of the molecule is CCOc1ccc2[nH]c3c(c2c1)CC(C)(C)NC3. The van der Waals surface area contributed by atoms with Gasteiger partial charge < -0.3 is 15.0 Å². The highest BCUT2D eigenvalue weighted by molar-refractivity contribution is 5.86. The van der Waals surface area contributed by atoms with E-state index in [9.17, 15) is 0 Å². The molecule has 0 spiro atoms. The third kappa shape index (κ3) is 1.89. The zero-order valence-corrected chi connectivity index (χ0v) is 11.3. The van der Waals surface area contributed by atoms with Crippen LogP contribution in [0, 0.1) is 0 Å². The lowest BCUT2D eigenvalue weighted by Crippen LogP contribution is -2.44. The minimum atomic E-state index is 0.170. The molecule has 96 valence electrons. The van der Waals surface area contributed by atoms with Crippen LogP contribution in [0.2, 0.25) is 0 Å². The van der Waals surface area contributed by atoms with Crippen molar-refractivity contribution in [1.29, 1.82) is 0 Å². The molecule has 0 saturated heterocycles. The van der Waals surface area contributed by atoms with Gasteiger partial charge in [-0.3, -0.25) is 0 Å². The average molecular weight is 244 g/mol. The summed E-state index contributed by atoms with van der Waals surface area (Å²) in [5.74, 6) is 0.961. The van der Waals surface area contributed by atoms with Gasteiger partial charge in [0.05, 0.1) is 6.61 Å². The van der Waals surface area contributed by atoms with Crippen molar-refractivity contribution in [2.75, 3.05) is 6.61 Å². The molecule has 0 amide bonds. The second-order valence-electron chi connectivity index (χ2n) is 5.64. The minimum Gasteiger partial charge on any atom is -0.494 e. The van der Waals surface area contributed by atoms with Crippen LogP contribution in [-0.2, 0) is 13.0 Å². The van der Waals surface area contributed by atoms with E-state index in [1.54, 1.807) is 0 Å². The molecule has 0 radical (unpaired) electrons. The van der Waals surface area contributed by atoms with Crippen LogP contribution in [0.15, 0.2) is 18.2 Å². The van der Waals surface area contributed by atoms with E-state index in [1.807, 2.05) is 13.0 Å². The number of rotatable bonds is 2. The molecular formula is C15H20N2O. The molecule has 3 rings (SSSR count). The summed E-state index contributed by atoms with van der Waals surface area (Å²) in [5.41, 5.74) is 4.14. The zero-order valence-electron chi connectivity index (χ0n) is 11.3. The standard InChI is InChI=1S/C15H20N2O/c1-4-18-10-5-6-13-11(7-10)12-8-15(2,3)16-9-14(12)17-13/h5-7,16-17H,4,8-9H2,1-3H3. The van der Waals surface area contributed by atoms with Gasteiger partial charge in [-0.2, -0.15) is 0 Å². The number of nitrogens with one attached hydrogen (secondary N) is 2. The number of fused-ring (bicyclic) bond motifs is 3. The molecule has 2 aromatic rings. The molecule has 0 bridgehead atoms. The van der Waals surface area contributed by atoms with E-state index in [2.05, 4.69) is 36.3 Å². The van der Waals surface area contributed by atoms with E-state index in [0.717, 1.165) is 18.7 Å². The van der Waals surface area contributed by atoms with Crippen LogP contribution >= 0.6 is 0 Å². The third-order valence-corrected chi connectivity index (χ3v) is 3.64. The van der Waals surface area contributed by atoms with Gasteiger partial charge in [-0.05, 0) is 51.0 Å². The van der Waals surface area contributed by atoms with E-state index in [4.69, 9.17) is 4.74 Å². The lowest BCUT2D eigenvalue weighted by Gasteiger charge is -2.31. The molecule has 0 aliphatic carbocycles. The second kappa shape index (κ2) is 4.02. The lowest BCUT2D eigenvalue weighted by atomic mass is 9.89. The number of aromatic amines is 1. The van der Waals surface area contributed by atoms with E-state index >= 15 is 0 Å². The maximum absolute atomic E-state index is 5.60. The Labute approximate surface area is 108 Å². The summed E-state index contributed by atoms with van der Waals surface area (Å²) < 4.78 is 5.60. The largest absolute Gasteiger partial charge is 0.494 e. The predicted octanol–water partition coefficient (Wildman–Crippen LogP) is 2.99. The number of hydrogen-bond acceptors (Lipinski definition) is 2. The van der Waals surface area contributed by atoms with Crippen LogP contribution in [-0.4, -0.2) is 17.1 Å². The Morgan fingerprint density at radius 2 is 2.17 bits per heavy atom. The van der Waals surface area contributed by atoms with Crippen LogP contribution < -0.4 is 10.1 Å². The van der Waals surface area contributed by atoms with E-state index in [-0.39, 0.29) is 5.54 Å². The number of ether oxygens (including phenoxy) is 1. The average Bonchev–Trinajstić information content (AvgIpc) is 2.66. The van der Waals surface area contributed by atoms with Crippen LogP contribution in [0.3, 0.4) is 0 Å². The lowest BCUT2D eigenvalue weighted by molar-refractivity contribution is 0.340. The van der Waals surface area contributed by atoms with E-state index in [0.29, 0.717) is 6.61 Å². The molecule has 1 aromatic heterocycles. The quantitative estimate of drug-likeness (QED) is 0.852. The minimum absolute atomic E-state index is 0.170. The monoisotopic (exact) mass is 244 g/mol. The summed E-state index contributed by atoms with van der Waals surface area (Å²) in [6.45, 7) is 8.15. The molecule has 1 aliphatic heterocycles. The molecule has 3 nitrogen and oxygen atoms in total. The Balaban J connectivity index is 2.11. The third-order valence-electron chi connectivity index (χ3n) is 3.64. The summed E-state index contributed by atoms with van der Waals surface area (Å²) >= 11 is 0. The number of benzene rings is 1. The smallest absolute Gasteiger partial charge is 0.120 e. The zero-order chi connectivity index (χ0) is 12.8. The number of H-pyrrole nitrogens is 1. The van der Waals surface area contributed by atoms with Crippen LogP contribution in [0.5, 0.6) is 5.75 Å².